The Morgan fingerprint density at radius 1 is 1.20 bits per heavy atom. The van der Waals surface area contributed by atoms with Crippen LogP contribution in [0.25, 0.3) is 10.9 Å². The Morgan fingerprint density at radius 3 is 2.53 bits per heavy atom. The number of nitrogen functional groups attached to an aromatic ring is 1. The van der Waals surface area contributed by atoms with Gasteiger partial charge >= 0.3 is 0 Å². The van der Waals surface area contributed by atoms with E-state index in [4.69, 9.17) is 5.73 Å². The SMILES string of the molecule is Cc1nc2c(C)c(Br)ccc2c(N)c1Br. The second-order valence-corrected chi connectivity index (χ2v) is 5.14. The number of halogens is 2. The van der Waals surface area contributed by atoms with Gasteiger partial charge in [-0.25, -0.2) is 0 Å². The van der Waals surface area contributed by atoms with Crippen molar-refractivity contribution in [3.8, 4) is 0 Å². The summed E-state index contributed by atoms with van der Waals surface area (Å²) >= 11 is 6.94. The van der Waals surface area contributed by atoms with E-state index in [0.717, 1.165) is 36.8 Å². The number of nitrogens with two attached hydrogens (primary N) is 1. The number of hydrogen-bond donors (Lipinski definition) is 1. The summed E-state index contributed by atoms with van der Waals surface area (Å²) in [6.07, 6.45) is 0. The number of anilines is 1. The predicted octanol–water partition coefficient (Wildman–Crippen LogP) is 3.96. The van der Waals surface area contributed by atoms with Crippen molar-refractivity contribution >= 4 is 48.5 Å². The van der Waals surface area contributed by atoms with Crippen LogP contribution in [0.2, 0.25) is 0 Å². The average molecular weight is 330 g/mol. The first kappa shape index (κ1) is 10.9. The molecule has 0 atom stereocenters. The van der Waals surface area contributed by atoms with Gasteiger partial charge in [0.05, 0.1) is 21.4 Å². The first-order chi connectivity index (χ1) is 7.02. The fourth-order valence-electron chi connectivity index (χ4n) is 1.57. The zero-order valence-corrected chi connectivity index (χ0v) is 11.6. The predicted molar refractivity (Wildman–Crippen MR) is 71.0 cm³/mol. The molecule has 2 aromatic rings. The third kappa shape index (κ3) is 1.66. The summed E-state index contributed by atoms with van der Waals surface area (Å²) in [6, 6.07) is 3.98. The minimum absolute atomic E-state index is 0.758. The monoisotopic (exact) mass is 328 g/mol. The van der Waals surface area contributed by atoms with Crippen LogP contribution in [0, 0.1) is 13.8 Å². The van der Waals surface area contributed by atoms with Crippen LogP contribution < -0.4 is 5.73 Å². The van der Waals surface area contributed by atoms with Crippen molar-refractivity contribution in [2.45, 2.75) is 13.8 Å². The van der Waals surface area contributed by atoms with Gasteiger partial charge in [-0.2, -0.15) is 0 Å². The van der Waals surface area contributed by atoms with Crippen molar-refractivity contribution in [1.82, 2.24) is 4.98 Å². The molecule has 0 unspecified atom stereocenters. The second-order valence-electron chi connectivity index (χ2n) is 3.49. The molecule has 2 N–H and O–H groups in total. The zero-order chi connectivity index (χ0) is 11.2. The summed E-state index contributed by atoms with van der Waals surface area (Å²) in [5.74, 6) is 0. The molecule has 4 heteroatoms. The smallest absolute Gasteiger partial charge is 0.0767 e. The van der Waals surface area contributed by atoms with Crippen LogP contribution in [0.3, 0.4) is 0 Å². The highest BCUT2D eigenvalue weighted by Crippen LogP contribution is 2.33. The number of fused-ring (bicyclic) bond motifs is 1. The molecule has 0 bridgehead atoms. The fraction of sp³-hybridized carbons (Fsp3) is 0.182. The molecule has 0 saturated carbocycles. The van der Waals surface area contributed by atoms with Gasteiger partial charge in [0, 0.05) is 9.86 Å². The minimum Gasteiger partial charge on any atom is -0.397 e. The number of benzene rings is 1. The van der Waals surface area contributed by atoms with Crippen LogP contribution in [0.5, 0.6) is 0 Å². The lowest BCUT2D eigenvalue weighted by Gasteiger charge is -2.10. The van der Waals surface area contributed by atoms with Gasteiger partial charge in [0.25, 0.3) is 0 Å². The van der Waals surface area contributed by atoms with Crippen molar-refractivity contribution in [2.24, 2.45) is 0 Å². The molecule has 0 fully saturated rings. The number of hydrogen-bond acceptors (Lipinski definition) is 2. The lowest BCUT2D eigenvalue weighted by molar-refractivity contribution is 1.22. The molecular weight excluding hydrogens is 320 g/mol. The van der Waals surface area contributed by atoms with E-state index in [1.165, 1.54) is 0 Å². The number of aromatic nitrogens is 1. The van der Waals surface area contributed by atoms with Crippen molar-refractivity contribution in [3.05, 3.63) is 32.3 Å². The minimum atomic E-state index is 0.758. The molecule has 1 aromatic heterocycles. The highest BCUT2D eigenvalue weighted by Gasteiger charge is 2.10. The van der Waals surface area contributed by atoms with Gasteiger partial charge in [-0.3, -0.25) is 4.98 Å². The van der Waals surface area contributed by atoms with Gasteiger partial charge in [0.15, 0.2) is 0 Å². The van der Waals surface area contributed by atoms with Gasteiger partial charge in [-0.1, -0.05) is 15.9 Å². The highest BCUT2D eigenvalue weighted by molar-refractivity contribution is 9.11. The van der Waals surface area contributed by atoms with E-state index in [0.29, 0.717) is 0 Å². The van der Waals surface area contributed by atoms with Gasteiger partial charge < -0.3 is 5.73 Å². The number of nitrogens with zero attached hydrogens (tertiary/aromatic N) is 1. The molecule has 0 amide bonds. The Hall–Kier alpha value is -0.610. The van der Waals surface area contributed by atoms with Crippen molar-refractivity contribution in [1.29, 1.82) is 0 Å². The van der Waals surface area contributed by atoms with Crippen LogP contribution in [-0.2, 0) is 0 Å². The van der Waals surface area contributed by atoms with E-state index in [1.54, 1.807) is 0 Å². The number of rotatable bonds is 0. The summed E-state index contributed by atoms with van der Waals surface area (Å²) < 4.78 is 1.94. The Bertz CT molecular complexity index is 550. The Morgan fingerprint density at radius 2 is 1.87 bits per heavy atom. The van der Waals surface area contributed by atoms with Crippen LogP contribution in [0.4, 0.5) is 5.69 Å². The molecule has 0 saturated heterocycles. The van der Waals surface area contributed by atoms with E-state index < -0.39 is 0 Å². The van der Waals surface area contributed by atoms with E-state index >= 15 is 0 Å². The molecule has 1 aromatic carbocycles. The normalized spacial score (nSPS) is 10.9. The maximum absolute atomic E-state index is 6.04. The van der Waals surface area contributed by atoms with Crippen molar-refractivity contribution in [3.63, 3.8) is 0 Å². The highest BCUT2D eigenvalue weighted by atomic mass is 79.9. The molecule has 0 aliphatic carbocycles. The molecule has 2 rings (SSSR count). The quantitative estimate of drug-likeness (QED) is 0.794. The molecule has 0 radical (unpaired) electrons. The third-order valence-corrected chi connectivity index (χ3v) is 4.35. The van der Waals surface area contributed by atoms with E-state index in [-0.39, 0.29) is 0 Å². The summed E-state index contributed by atoms with van der Waals surface area (Å²) in [6.45, 7) is 3.98. The van der Waals surface area contributed by atoms with Crippen LogP contribution in [0.15, 0.2) is 21.1 Å². The van der Waals surface area contributed by atoms with Crippen molar-refractivity contribution in [2.75, 3.05) is 5.73 Å². The largest absolute Gasteiger partial charge is 0.397 e. The molecule has 15 heavy (non-hydrogen) atoms. The molecule has 0 spiro atoms. The van der Waals surface area contributed by atoms with E-state index in [1.807, 2.05) is 26.0 Å². The van der Waals surface area contributed by atoms with Gasteiger partial charge in [-0.05, 0) is 47.5 Å². The summed E-state index contributed by atoms with van der Waals surface area (Å²) in [5, 5.41) is 0.994. The second kappa shape index (κ2) is 3.76. The molecule has 2 nitrogen and oxygen atoms in total. The molecule has 0 aliphatic rings. The maximum atomic E-state index is 6.04. The summed E-state index contributed by atoms with van der Waals surface area (Å²) in [5.41, 5.74) is 9.79. The van der Waals surface area contributed by atoms with Gasteiger partial charge in [0.2, 0.25) is 0 Å². The van der Waals surface area contributed by atoms with Crippen molar-refractivity contribution < 1.29 is 0 Å². The van der Waals surface area contributed by atoms with E-state index in [9.17, 15) is 0 Å². The van der Waals surface area contributed by atoms with Crippen LogP contribution >= 0.6 is 31.9 Å². The molecule has 78 valence electrons. The Balaban J connectivity index is 2.98. The molecule has 1 heterocycles. The zero-order valence-electron chi connectivity index (χ0n) is 8.44. The fourth-order valence-corrected chi connectivity index (χ4v) is 2.19. The lowest BCUT2D eigenvalue weighted by atomic mass is 10.1. The third-order valence-electron chi connectivity index (χ3n) is 2.49. The maximum Gasteiger partial charge on any atom is 0.0767 e. The number of aryl methyl sites for hydroxylation is 2. The van der Waals surface area contributed by atoms with Crippen LogP contribution in [0.1, 0.15) is 11.3 Å². The topological polar surface area (TPSA) is 38.9 Å². The first-order valence-electron chi connectivity index (χ1n) is 4.52. The Kier molecular flexibility index (Phi) is 2.73. The van der Waals surface area contributed by atoms with Crippen LogP contribution in [-0.4, -0.2) is 4.98 Å². The first-order valence-corrected chi connectivity index (χ1v) is 6.11. The van der Waals surface area contributed by atoms with E-state index in [2.05, 4.69) is 36.8 Å². The average Bonchev–Trinajstić information content (AvgIpc) is 2.21. The summed E-state index contributed by atoms with van der Waals surface area (Å²) in [7, 11) is 0. The van der Waals surface area contributed by atoms with Gasteiger partial charge in [-0.15, -0.1) is 0 Å². The Labute approximate surface area is 105 Å². The summed E-state index contributed by atoms with van der Waals surface area (Å²) in [4.78, 5) is 4.54. The lowest BCUT2D eigenvalue weighted by Crippen LogP contribution is -1.96. The standard InChI is InChI=1S/C11H10Br2N2/c1-5-8(12)4-3-7-10(14)9(13)6(2)15-11(5)7/h3-4H,1-2H3,(H2,14,15). The number of pyridine rings is 1. The molecule has 0 aliphatic heterocycles. The van der Waals surface area contributed by atoms with Gasteiger partial charge in [0.1, 0.15) is 0 Å². The molecular formula is C11H10Br2N2.